The lowest BCUT2D eigenvalue weighted by atomic mass is 10.2. The van der Waals surface area contributed by atoms with Gasteiger partial charge in [-0.15, -0.1) is 11.3 Å². The average molecular weight is 276 g/mol. The molecule has 1 aliphatic heterocycles. The van der Waals surface area contributed by atoms with Crippen LogP contribution in [-0.4, -0.2) is 30.3 Å². The molecule has 1 atom stereocenters. The number of nitrogens with zero attached hydrogens (tertiary/aromatic N) is 2. The number of fused-ring (bicyclic) bond motifs is 1. The Morgan fingerprint density at radius 1 is 1.42 bits per heavy atom. The molecule has 2 heterocycles. The van der Waals surface area contributed by atoms with Crippen molar-refractivity contribution in [3.05, 3.63) is 41.4 Å². The number of allylic oxidation sites excluding steroid dienone is 2. The van der Waals surface area contributed by atoms with Gasteiger partial charge in [-0.1, -0.05) is 6.08 Å². The molecule has 3 rings (SSSR count). The lowest BCUT2D eigenvalue weighted by molar-refractivity contribution is 0.220. The normalized spacial score (nSPS) is 18.8. The number of rotatable bonds is 2. The van der Waals surface area contributed by atoms with Crippen LogP contribution in [0.25, 0.3) is 15.9 Å². The average Bonchev–Trinajstić information content (AvgIpc) is 2.84. The van der Waals surface area contributed by atoms with E-state index in [0.717, 1.165) is 26.7 Å². The number of benzene rings is 1. The van der Waals surface area contributed by atoms with E-state index in [1.54, 1.807) is 36.5 Å². The second-order valence-electron chi connectivity index (χ2n) is 4.27. The number of methoxy groups -OCH3 is 1. The van der Waals surface area contributed by atoms with Crippen molar-refractivity contribution in [1.29, 1.82) is 0 Å². The first-order chi connectivity index (χ1) is 9.19. The van der Waals surface area contributed by atoms with Gasteiger partial charge in [-0.2, -0.15) is 0 Å². The van der Waals surface area contributed by atoms with Crippen LogP contribution in [0.5, 0.6) is 5.75 Å². The summed E-state index contributed by atoms with van der Waals surface area (Å²) in [6.07, 6.45) is 4.03. The van der Waals surface area contributed by atoms with Crippen molar-refractivity contribution in [2.45, 2.75) is 6.30 Å². The zero-order valence-corrected chi connectivity index (χ0v) is 11.4. The van der Waals surface area contributed by atoms with Crippen molar-refractivity contribution in [2.75, 3.05) is 14.2 Å². The molecule has 1 aromatic heterocycles. The third-order valence-corrected chi connectivity index (χ3v) is 4.15. The van der Waals surface area contributed by atoms with Crippen LogP contribution in [0.2, 0.25) is 0 Å². The van der Waals surface area contributed by atoms with Crippen molar-refractivity contribution in [3.63, 3.8) is 0 Å². The van der Waals surface area contributed by atoms with Crippen molar-refractivity contribution in [1.82, 2.24) is 9.88 Å². The molecule has 2 aromatic rings. The van der Waals surface area contributed by atoms with Crippen molar-refractivity contribution < 1.29 is 9.13 Å². The van der Waals surface area contributed by atoms with Crippen LogP contribution >= 0.6 is 11.3 Å². The van der Waals surface area contributed by atoms with E-state index in [1.165, 1.54) is 6.08 Å². The summed E-state index contributed by atoms with van der Waals surface area (Å²) in [5, 5.41) is 0.817. The monoisotopic (exact) mass is 276 g/mol. The Bertz CT molecular complexity index is 677. The molecule has 98 valence electrons. The predicted molar refractivity (Wildman–Crippen MR) is 75.9 cm³/mol. The molecule has 3 nitrogen and oxygen atoms in total. The molecule has 0 fully saturated rings. The lowest BCUT2D eigenvalue weighted by Gasteiger charge is -2.25. The van der Waals surface area contributed by atoms with E-state index in [1.807, 2.05) is 24.3 Å². The summed E-state index contributed by atoms with van der Waals surface area (Å²) in [4.78, 5) is 6.14. The van der Waals surface area contributed by atoms with E-state index in [0.29, 0.717) is 0 Å². The maximum absolute atomic E-state index is 13.6. The highest BCUT2D eigenvalue weighted by Crippen LogP contribution is 2.32. The number of aromatic nitrogens is 1. The molecule has 19 heavy (non-hydrogen) atoms. The number of hydrogen-bond donors (Lipinski definition) is 0. The van der Waals surface area contributed by atoms with Gasteiger partial charge in [0.25, 0.3) is 0 Å². The van der Waals surface area contributed by atoms with Crippen LogP contribution in [0.4, 0.5) is 4.39 Å². The molecule has 0 amide bonds. The van der Waals surface area contributed by atoms with Crippen LogP contribution < -0.4 is 4.74 Å². The Balaban J connectivity index is 2.06. The van der Waals surface area contributed by atoms with Gasteiger partial charge >= 0.3 is 0 Å². The molecule has 1 aliphatic rings. The lowest BCUT2D eigenvalue weighted by Crippen LogP contribution is -2.26. The Hall–Kier alpha value is -1.88. The number of likely N-dealkylation sites (N-methyl/N-ethyl adjacent to an activating group) is 1. The zero-order valence-electron chi connectivity index (χ0n) is 10.6. The highest BCUT2D eigenvalue weighted by Gasteiger charge is 2.20. The van der Waals surface area contributed by atoms with Crippen molar-refractivity contribution in [2.24, 2.45) is 0 Å². The SMILES string of the molecule is COc1ccc2sc(C3=CC=CC(F)N3C)nc2c1. The molecule has 0 aliphatic carbocycles. The molecule has 0 spiro atoms. The van der Waals surface area contributed by atoms with Crippen molar-refractivity contribution in [3.8, 4) is 5.75 Å². The number of thiazole rings is 1. The highest BCUT2D eigenvalue weighted by atomic mass is 32.1. The summed E-state index contributed by atoms with van der Waals surface area (Å²) in [7, 11) is 3.36. The van der Waals surface area contributed by atoms with E-state index in [2.05, 4.69) is 4.98 Å². The quantitative estimate of drug-likeness (QED) is 0.786. The van der Waals surface area contributed by atoms with Gasteiger partial charge in [-0.25, -0.2) is 9.37 Å². The molecule has 1 aromatic carbocycles. The molecule has 0 N–H and O–H groups in total. The molecule has 5 heteroatoms. The molecule has 0 saturated heterocycles. The maximum Gasteiger partial charge on any atom is 0.191 e. The largest absolute Gasteiger partial charge is 0.497 e. The van der Waals surface area contributed by atoms with Gasteiger partial charge < -0.3 is 9.64 Å². The van der Waals surface area contributed by atoms with E-state index in [9.17, 15) is 4.39 Å². The van der Waals surface area contributed by atoms with Gasteiger partial charge in [0.2, 0.25) is 0 Å². The fourth-order valence-corrected chi connectivity index (χ4v) is 3.00. The summed E-state index contributed by atoms with van der Waals surface area (Å²) in [6.45, 7) is 0. The summed E-state index contributed by atoms with van der Waals surface area (Å²) < 4.78 is 19.9. The standard InChI is InChI=1S/C14H13FN2OS/c1-17-11(4-3-5-13(17)15)14-16-10-8-9(18-2)6-7-12(10)19-14/h3-8,13H,1-2H3. The number of alkyl halides is 1. The van der Waals surface area contributed by atoms with Gasteiger partial charge in [0.05, 0.1) is 23.0 Å². The fourth-order valence-electron chi connectivity index (χ4n) is 1.98. The van der Waals surface area contributed by atoms with E-state index in [-0.39, 0.29) is 0 Å². The van der Waals surface area contributed by atoms with Crippen LogP contribution in [0, 0.1) is 0 Å². The van der Waals surface area contributed by atoms with Crippen LogP contribution in [-0.2, 0) is 0 Å². The van der Waals surface area contributed by atoms with Gasteiger partial charge in [0, 0.05) is 13.1 Å². The number of ether oxygens (including phenoxy) is 1. The summed E-state index contributed by atoms with van der Waals surface area (Å²) in [5.74, 6) is 0.776. The molecule has 1 unspecified atom stereocenters. The van der Waals surface area contributed by atoms with Crippen LogP contribution in [0.15, 0.2) is 36.4 Å². The third kappa shape index (κ3) is 2.10. The summed E-state index contributed by atoms with van der Waals surface area (Å²) >= 11 is 1.55. The maximum atomic E-state index is 13.6. The summed E-state index contributed by atoms with van der Waals surface area (Å²) in [6, 6.07) is 5.77. The Kier molecular flexibility index (Phi) is 2.98. The first-order valence-corrected chi connectivity index (χ1v) is 6.71. The van der Waals surface area contributed by atoms with Crippen LogP contribution in [0.3, 0.4) is 0 Å². The fraction of sp³-hybridized carbons (Fsp3) is 0.214. The van der Waals surface area contributed by atoms with Crippen molar-refractivity contribution >= 4 is 27.3 Å². The number of hydrogen-bond acceptors (Lipinski definition) is 4. The molecule has 0 bridgehead atoms. The van der Waals surface area contributed by atoms with Gasteiger partial charge in [0.1, 0.15) is 10.8 Å². The van der Waals surface area contributed by atoms with Crippen LogP contribution in [0.1, 0.15) is 5.01 Å². The van der Waals surface area contributed by atoms with Gasteiger partial charge in [0.15, 0.2) is 6.30 Å². The topological polar surface area (TPSA) is 25.4 Å². The minimum Gasteiger partial charge on any atom is -0.497 e. The second-order valence-corrected chi connectivity index (χ2v) is 5.30. The van der Waals surface area contributed by atoms with Gasteiger partial charge in [-0.05, 0) is 24.3 Å². The highest BCUT2D eigenvalue weighted by molar-refractivity contribution is 7.19. The predicted octanol–water partition coefficient (Wildman–Crippen LogP) is 3.44. The summed E-state index contributed by atoms with van der Waals surface area (Å²) in [5.41, 5.74) is 1.67. The Labute approximate surface area is 114 Å². The third-order valence-electron chi connectivity index (χ3n) is 3.09. The van der Waals surface area contributed by atoms with Gasteiger partial charge in [-0.3, -0.25) is 0 Å². The molecular formula is C14H13FN2OS. The smallest absolute Gasteiger partial charge is 0.191 e. The molecule has 0 radical (unpaired) electrons. The van der Waals surface area contributed by atoms with E-state index in [4.69, 9.17) is 4.74 Å². The number of halogens is 1. The molecular weight excluding hydrogens is 263 g/mol. The zero-order chi connectivity index (χ0) is 13.4. The minimum atomic E-state index is -1.10. The molecule has 0 saturated carbocycles. The first kappa shape index (κ1) is 12.2. The van der Waals surface area contributed by atoms with E-state index < -0.39 is 6.30 Å². The first-order valence-electron chi connectivity index (χ1n) is 5.89. The second kappa shape index (κ2) is 4.66. The van der Waals surface area contributed by atoms with E-state index >= 15 is 0 Å². The Morgan fingerprint density at radius 3 is 3.05 bits per heavy atom. The Morgan fingerprint density at radius 2 is 2.26 bits per heavy atom. The minimum absolute atomic E-state index is 0.776.